The smallest absolute Gasteiger partial charge is 0.393 e. The molecular formula is C28H47N3O3. The summed E-state index contributed by atoms with van der Waals surface area (Å²) in [6.07, 6.45) is 12.7. The maximum Gasteiger partial charge on any atom is 0.435 e. The van der Waals surface area contributed by atoms with E-state index >= 15 is 0 Å². The van der Waals surface area contributed by atoms with Crippen molar-refractivity contribution in [3.05, 3.63) is 0 Å². The highest BCUT2D eigenvalue weighted by atomic mass is 16.7. The van der Waals surface area contributed by atoms with E-state index in [2.05, 4.69) is 31.2 Å². The molecule has 6 nitrogen and oxygen atoms in total. The Kier molecular flexibility index (Phi) is 6.78. The van der Waals surface area contributed by atoms with Gasteiger partial charge in [-0.3, -0.25) is 4.84 Å². The fraction of sp³-hybridized carbons (Fsp3) is 0.929. The van der Waals surface area contributed by atoms with Gasteiger partial charge in [0.2, 0.25) is 0 Å². The highest BCUT2D eigenvalue weighted by Gasteiger charge is 2.60. The minimum absolute atomic E-state index is 0.0746. The molecule has 4 aliphatic carbocycles. The summed E-state index contributed by atoms with van der Waals surface area (Å²) in [5.41, 5.74) is 1.68. The van der Waals surface area contributed by atoms with Crippen molar-refractivity contribution in [3.63, 3.8) is 0 Å². The Hall–Kier alpha value is -1.14. The molecule has 5 aliphatic rings. The number of nitrogens with one attached hydrogen (secondary N) is 1. The van der Waals surface area contributed by atoms with Gasteiger partial charge < -0.3 is 15.3 Å². The first kappa shape index (κ1) is 24.5. The molecule has 192 valence electrons. The molecule has 0 aromatic carbocycles. The highest BCUT2D eigenvalue weighted by Crippen LogP contribution is 2.67. The Labute approximate surface area is 206 Å². The number of rotatable bonds is 4. The fourth-order valence-electron chi connectivity index (χ4n) is 9.48. The number of aliphatic hydroxyl groups excluding tert-OH is 1. The molecule has 0 spiro atoms. The summed E-state index contributed by atoms with van der Waals surface area (Å²) in [5.74, 6) is 3.48. The van der Waals surface area contributed by atoms with E-state index in [4.69, 9.17) is 4.84 Å². The summed E-state index contributed by atoms with van der Waals surface area (Å²) in [5, 5.41) is 18.1. The second-order valence-corrected chi connectivity index (χ2v) is 13.0. The Bertz CT molecular complexity index is 796. The first-order valence-corrected chi connectivity index (χ1v) is 14.1. The van der Waals surface area contributed by atoms with E-state index in [9.17, 15) is 9.90 Å². The maximum absolute atomic E-state index is 12.5. The lowest BCUT2D eigenvalue weighted by atomic mass is 9.44. The van der Waals surface area contributed by atoms with Crippen LogP contribution in [0.2, 0.25) is 0 Å². The van der Waals surface area contributed by atoms with Crippen molar-refractivity contribution >= 4 is 11.8 Å². The molecular weight excluding hydrogens is 426 g/mol. The molecule has 4 saturated carbocycles. The maximum atomic E-state index is 12.5. The second kappa shape index (κ2) is 9.38. The Morgan fingerprint density at radius 1 is 1.06 bits per heavy atom. The molecule has 5 rings (SSSR count). The van der Waals surface area contributed by atoms with E-state index in [1.165, 1.54) is 44.9 Å². The van der Waals surface area contributed by atoms with Crippen LogP contribution in [0.5, 0.6) is 0 Å². The average molecular weight is 474 g/mol. The number of nitrogens with zero attached hydrogens (tertiary/aromatic N) is 2. The van der Waals surface area contributed by atoms with Gasteiger partial charge >= 0.3 is 6.09 Å². The normalized spacial score (nSPS) is 46.4. The average Bonchev–Trinajstić information content (AvgIpc) is 3.44. The topological polar surface area (TPSA) is 74.2 Å². The van der Waals surface area contributed by atoms with Gasteiger partial charge in [-0.15, -0.1) is 0 Å². The Morgan fingerprint density at radius 2 is 1.82 bits per heavy atom. The predicted molar refractivity (Wildman–Crippen MR) is 134 cm³/mol. The van der Waals surface area contributed by atoms with Crippen molar-refractivity contribution in [1.82, 2.24) is 10.2 Å². The summed E-state index contributed by atoms with van der Waals surface area (Å²) in [6.45, 7) is 8.85. The number of amides is 1. The number of aliphatic hydroxyl groups is 1. The summed E-state index contributed by atoms with van der Waals surface area (Å²) in [6, 6.07) is 0.372. The van der Waals surface area contributed by atoms with Crippen LogP contribution in [0.3, 0.4) is 0 Å². The van der Waals surface area contributed by atoms with E-state index in [0.29, 0.717) is 29.8 Å². The quantitative estimate of drug-likeness (QED) is 0.334. The summed E-state index contributed by atoms with van der Waals surface area (Å²) in [7, 11) is 1.81. The van der Waals surface area contributed by atoms with Crippen molar-refractivity contribution in [3.8, 4) is 0 Å². The number of hydrogen-bond donors (Lipinski definition) is 2. The molecule has 0 bridgehead atoms. The third-order valence-electron chi connectivity index (χ3n) is 11.4. The van der Waals surface area contributed by atoms with Crippen molar-refractivity contribution < 1.29 is 14.7 Å². The molecule has 5 fully saturated rings. The van der Waals surface area contributed by atoms with Gasteiger partial charge in [-0.25, -0.2) is 4.79 Å². The van der Waals surface area contributed by atoms with Crippen molar-refractivity contribution in [2.24, 2.45) is 45.6 Å². The van der Waals surface area contributed by atoms with Crippen LogP contribution >= 0.6 is 0 Å². The van der Waals surface area contributed by atoms with Crippen LogP contribution in [-0.4, -0.2) is 54.1 Å². The minimum atomic E-state index is -0.345. The van der Waals surface area contributed by atoms with E-state index < -0.39 is 0 Å². The standard InChI is InChI=1S/C28H47N3O3/c1-18(30-34-26(33)31(4)17-20-6-5-15-29-20)23-9-10-24-22-8-7-19-16-21(32)11-13-27(19,2)25(22)12-14-28(23,24)3/h19-25,29,32H,5-17H2,1-4H3/b30-18+/t19-,20?,21+,22+,23-,24+,25+,27+,28-/m1/s1. The van der Waals surface area contributed by atoms with Gasteiger partial charge in [0.25, 0.3) is 0 Å². The molecule has 1 amide bonds. The third kappa shape index (κ3) is 4.21. The molecule has 6 heteroatoms. The van der Waals surface area contributed by atoms with Gasteiger partial charge in [-0.05, 0) is 119 Å². The van der Waals surface area contributed by atoms with E-state index in [-0.39, 0.29) is 17.6 Å². The number of likely N-dealkylation sites (N-methyl/N-ethyl adjacent to an activating group) is 1. The molecule has 9 atom stereocenters. The zero-order valence-corrected chi connectivity index (χ0v) is 21.9. The van der Waals surface area contributed by atoms with Crippen LogP contribution < -0.4 is 5.32 Å². The van der Waals surface area contributed by atoms with Crippen molar-refractivity contribution in [1.29, 1.82) is 0 Å². The Balaban J connectivity index is 1.23. The summed E-state index contributed by atoms with van der Waals surface area (Å²) < 4.78 is 0. The molecule has 0 aromatic rings. The first-order chi connectivity index (χ1) is 16.2. The number of carbonyl (C=O) groups excluding carboxylic acids is 1. The summed E-state index contributed by atoms with van der Waals surface area (Å²) in [4.78, 5) is 19.6. The van der Waals surface area contributed by atoms with E-state index in [1.807, 2.05) is 7.05 Å². The zero-order valence-electron chi connectivity index (χ0n) is 21.9. The SMILES string of the molecule is C/C(=N\OC(=O)N(C)CC1CCCN1)[C@H]1CC[C@H]2[C@@H]3CC[C@@H]4C[C@@H](O)CC[C@]4(C)[C@H]3CC[C@]12C. The second-order valence-electron chi connectivity index (χ2n) is 13.0. The van der Waals surface area contributed by atoms with Crippen molar-refractivity contribution in [2.45, 2.75) is 104 Å². The molecule has 0 aromatic heterocycles. The first-order valence-electron chi connectivity index (χ1n) is 14.1. The number of fused-ring (bicyclic) bond motifs is 5. The number of carbonyl (C=O) groups is 1. The Morgan fingerprint density at radius 3 is 2.59 bits per heavy atom. The zero-order chi connectivity index (χ0) is 24.1. The molecule has 2 N–H and O–H groups in total. The lowest BCUT2D eigenvalue weighted by molar-refractivity contribution is -0.123. The van der Waals surface area contributed by atoms with Crippen LogP contribution in [0.15, 0.2) is 5.16 Å². The fourth-order valence-corrected chi connectivity index (χ4v) is 9.48. The van der Waals surface area contributed by atoms with Gasteiger partial charge in [0.1, 0.15) is 0 Å². The monoisotopic (exact) mass is 473 g/mol. The number of hydrogen-bond acceptors (Lipinski definition) is 5. The summed E-state index contributed by atoms with van der Waals surface area (Å²) >= 11 is 0. The van der Waals surface area contributed by atoms with Crippen molar-refractivity contribution in [2.75, 3.05) is 20.1 Å². The van der Waals surface area contributed by atoms with Gasteiger partial charge in [-0.2, -0.15) is 0 Å². The molecule has 1 heterocycles. The molecule has 1 saturated heterocycles. The number of oxime groups is 1. The lowest BCUT2D eigenvalue weighted by Crippen LogP contribution is -2.54. The minimum Gasteiger partial charge on any atom is -0.393 e. The lowest BCUT2D eigenvalue weighted by Gasteiger charge is -2.61. The van der Waals surface area contributed by atoms with E-state index in [0.717, 1.165) is 55.7 Å². The van der Waals surface area contributed by atoms with Crippen LogP contribution in [0.25, 0.3) is 0 Å². The van der Waals surface area contributed by atoms with Crippen LogP contribution in [0, 0.1) is 40.4 Å². The predicted octanol–water partition coefficient (Wildman–Crippen LogP) is 5.20. The van der Waals surface area contributed by atoms with Gasteiger partial charge in [0, 0.05) is 25.6 Å². The van der Waals surface area contributed by atoms with Crippen LogP contribution in [0.1, 0.15) is 91.4 Å². The highest BCUT2D eigenvalue weighted by molar-refractivity contribution is 5.85. The molecule has 1 aliphatic heterocycles. The van der Waals surface area contributed by atoms with Gasteiger partial charge in [0.15, 0.2) is 0 Å². The van der Waals surface area contributed by atoms with Gasteiger partial charge in [-0.1, -0.05) is 19.0 Å². The van der Waals surface area contributed by atoms with Crippen LogP contribution in [0.4, 0.5) is 4.79 Å². The van der Waals surface area contributed by atoms with Crippen LogP contribution in [-0.2, 0) is 4.84 Å². The molecule has 34 heavy (non-hydrogen) atoms. The van der Waals surface area contributed by atoms with E-state index in [1.54, 1.807) is 4.90 Å². The van der Waals surface area contributed by atoms with Gasteiger partial charge in [0.05, 0.1) is 11.8 Å². The molecule has 0 radical (unpaired) electrons. The largest absolute Gasteiger partial charge is 0.435 e. The molecule has 1 unspecified atom stereocenters. The third-order valence-corrected chi connectivity index (χ3v) is 11.4.